The molecule has 0 amide bonds. The molecule has 110 valence electrons. The molecule has 0 spiro atoms. The van der Waals surface area contributed by atoms with Gasteiger partial charge in [-0.25, -0.2) is 4.68 Å². The summed E-state index contributed by atoms with van der Waals surface area (Å²) in [4.78, 5) is 10.2. The maximum atomic E-state index is 10.6. The Labute approximate surface area is 130 Å². The van der Waals surface area contributed by atoms with E-state index in [0.717, 1.165) is 11.3 Å². The Morgan fingerprint density at radius 1 is 1.18 bits per heavy atom. The van der Waals surface area contributed by atoms with Crippen molar-refractivity contribution in [1.82, 2.24) is 15.0 Å². The van der Waals surface area contributed by atoms with E-state index >= 15 is 0 Å². The van der Waals surface area contributed by atoms with E-state index in [1.807, 2.05) is 0 Å². The van der Waals surface area contributed by atoms with Crippen LogP contribution in [0.15, 0.2) is 48.7 Å². The van der Waals surface area contributed by atoms with Crippen molar-refractivity contribution < 1.29 is 4.92 Å². The number of nitrogens with two attached hydrogens (primary N) is 1. The molecule has 0 radical (unpaired) electrons. The van der Waals surface area contributed by atoms with Gasteiger partial charge < -0.3 is 5.73 Å². The Morgan fingerprint density at radius 3 is 2.55 bits per heavy atom. The predicted octanol–water partition coefficient (Wildman–Crippen LogP) is 3.08. The van der Waals surface area contributed by atoms with Gasteiger partial charge in [0.15, 0.2) is 0 Å². The third-order valence-electron chi connectivity index (χ3n) is 3.11. The second kappa shape index (κ2) is 5.45. The van der Waals surface area contributed by atoms with Crippen LogP contribution in [0.5, 0.6) is 0 Å². The van der Waals surface area contributed by atoms with E-state index in [9.17, 15) is 10.1 Å². The molecule has 0 unspecified atom stereocenters. The zero-order valence-corrected chi connectivity index (χ0v) is 11.9. The van der Waals surface area contributed by atoms with Crippen molar-refractivity contribution in [1.29, 1.82) is 0 Å². The molecule has 0 aliphatic rings. The van der Waals surface area contributed by atoms with Gasteiger partial charge in [-0.05, 0) is 30.3 Å². The van der Waals surface area contributed by atoms with Gasteiger partial charge in [0.25, 0.3) is 5.69 Å². The molecule has 3 rings (SSSR count). The van der Waals surface area contributed by atoms with Gasteiger partial charge in [0.2, 0.25) is 0 Å². The number of benzene rings is 2. The van der Waals surface area contributed by atoms with Gasteiger partial charge >= 0.3 is 0 Å². The third kappa shape index (κ3) is 2.61. The van der Waals surface area contributed by atoms with Crippen LogP contribution in [0.2, 0.25) is 5.02 Å². The second-order valence-electron chi connectivity index (χ2n) is 4.56. The molecule has 3 aromatic rings. The average molecular weight is 316 g/mol. The number of anilines is 1. The van der Waals surface area contributed by atoms with E-state index in [0.29, 0.717) is 16.4 Å². The normalized spacial score (nSPS) is 10.6. The minimum absolute atomic E-state index is 0.0293. The van der Waals surface area contributed by atoms with Crippen LogP contribution < -0.4 is 5.73 Å². The average Bonchev–Trinajstić information content (AvgIpc) is 3.00. The Balaban J connectivity index is 1.93. The summed E-state index contributed by atoms with van der Waals surface area (Å²) in [7, 11) is 0. The van der Waals surface area contributed by atoms with Crippen LogP contribution in [-0.4, -0.2) is 19.9 Å². The highest BCUT2D eigenvalue weighted by atomic mass is 35.5. The monoisotopic (exact) mass is 315 g/mol. The first-order chi connectivity index (χ1) is 10.5. The fraction of sp³-hybridized carbons (Fsp3) is 0. The van der Waals surface area contributed by atoms with Crippen LogP contribution in [0.1, 0.15) is 0 Å². The molecule has 0 aliphatic heterocycles. The van der Waals surface area contributed by atoms with Crippen molar-refractivity contribution in [3.63, 3.8) is 0 Å². The molecule has 0 atom stereocenters. The molecular formula is C14H10ClN5O2. The summed E-state index contributed by atoms with van der Waals surface area (Å²) in [5, 5.41) is 19.2. The second-order valence-corrected chi connectivity index (χ2v) is 4.97. The van der Waals surface area contributed by atoms with Gasteiger partial charge in [-0.1, -0.05) is 16.8 Å². The summed E-state index contributed by atoms with van der Waals surface area (Å²) in [6.45, 7) is 0. The zero-order chi connectivity index (χ0) is 15.7. The number of nitrogen functional groups attached to an aromatic ring is 1. The van der Waals surface area contributed by atoms with Crippen LogP contribution in [-0.2, 0) is 0 Å². The zero-order valence-electron chi connectivity index (χ0n) is 11.2. The highest BCUT2D eigenvalue weighted by molar-refractivity contribution is 6.33. The Morgan fingerprint density at radius 2 is 1.91 bits per heavy atom. The van der Waals surface area contributed by atoms with Crippen LogP contribution in [0.3, 0.4) is 0 Å². The van der Waals surface area contributed by atoms with Gasteiger partial charge in [0.1, 0.15) is 5.69 Å². The van der Waals surface area contributed by atoms with Crippen molar-refractivity contribution >= 4 is 23.0 Å². The first-order valence-electron chi connectivity index (χ1n) is 6.27. The summed E-state index contributed by atoms with van der Waals surface area (Å²) in [5.74, 6) is 0. The molecule has 0 fully saturated rings. The summed E-state index contributed by atoms with van der Waals surface area (Å²) < 4.78 is 1.56. The third-order valence-corrected chi connectivity index (χ3v) is 3.46. The lowest BCUT2D eigenvalue weighted by atomic mass is 10.1. The molecule has 1 aromatic heterocycles. The van der Waals surface area contributed by atoms with Crippen molar-refractivity contribution in [3.8, 4) is 16.9 Å². The van der Waals surface area contributed by atoms with Gasteiger partial charge in [0, 0.05) is 17.7 Å². The van der Waals surface area contributed by atoms with Gasteiger partial charge in [-0.2, -0.15) is 0 Å². The molecule has 1 heterocycles. The number of halogens is 1. The van der Waals surface area contributed by atoms with E-state index in [1.165, 1.54) is 12.1 Å². The van der Waals surface area contributed by atoms with Crippen LogP contribution in [0, 0.1) is 10.1 Å². The maximum absolute atomic E-state index is 10.6. The molecule has 8 heteroatoms. The number of hydrogen-bond donors (Lipinski definition) is 1. The first-order valence-corrected chi connectivity index (χ1v) is 6.65. The molecule has 0 aliphatic carbocycles. The molecule has 0 saturated heterocycles. The number of non-ortho nitro benzene ring substituents is 1. The summed E-state index contributed by atoms with van der Waals surface area (Å²) in [5.41, 5.74) is 8.30. The topological polar surface area (TPSA) is 99.9 Å². The standard InChI is InChI=1S/C14H10ClN5O2/c15-12-6-5-11(7-13(12)16)19-8-14(17-18-19)9-1-3-10(4-2-9)20(21)22/h1-8H,16H2. The predicted molar refractivity (Wildman–Crippen MR) is 82.9 cm³/mol. The smallest absolute Gasteiger partial charge is 0.269 e. The van der Waals surface area contributed by atoms with Gasteiger partial charge in [-0.3, -0.25) is 10.1 Å². The number of nitro groups is 1. The van der Waals surface area contributed by atoms with Crippen LogP contribution >= 0.6 is 11.6 Å². The van der Waals surface area contributed by atoms with Crippen LogP contribution in [0.4, 0.5) is 11.4 Å². The number of nitrogens with zero attached hydrogens (tertiary/aromatic N) is 4. The number of nitro benzene ring substituents is 1. The Hall–Kier alpha value is -2.93. The SMILES string of the molecule is Nc1cc(-n2cc(-c3ccc([N+](=O)[O-])cc3)nn2)ccc1Cl. The molecule has 2 N–H and O–H groups in total. The minimum Gasteiger partial charge on any atom is -0.397 e. The summed E-state index contributed by atoms with van der Waals surface area (Å²) in [6.07, 6.45) is 1.71. The summed E-state index contributed by atoms with van der Waals surface area (Å²) in [6, 6.07) is 11.2. The fourth-order valence-corrected chi connectivity index (χ4v) is 2.07. The van der Waals surface area contributed by atoms with E-state index in [1.54, 1.807) is 41.2 Å². The lowest BCUT2D eigenvalue weighted by Crippen LogP contribution is -1.96. The van der Waals surface area contributed by atoms with E-state index in [-0.39, 0.29) is 5.69 Å². The van der Waals surface area contributed by atoms with E-state index in [2.05, 4.69) is 10.3 Å². The molecule has 2 aromatic carbocycles. The molecule has 0 bridgehead atoms. The molecular weight excluding hydrogens is 306 g/mol. The minimum atomic E-state index is -0.447. The fourth-order valence-electron chi connectivity index (χ4n) is 1.95. The Bertz CT molecular complexity index is 845. The number of hydrogen-bond acceptors (Lipinski definition) is 5. The molecule has 0 saturated carbocycles. The maximum Gasteiger partial charge on any atom is 0.269 e. The van der Waals surface area contributed by atoms with Crippen molar-refractivity contribution in [2.75, 3.05) is 5.73 Å². The summed E-state index contributed by atoms with van der Waals surface area (Å²) >= 11 is 5.88. The largest absolute Gasteiger partial charge is 0.397 e. The number of aromatic nitrogens is 3. The van der Waals surface area contributed by atoms with Crippen molar-refractivity contribution in [3.05, 3.63) is 63.8 Å². The molecule has 7 nitrogen and oxygen atoms in total. The van der Waals surface area contributed by atoms with E-state index < -0.39 is 4.92 Å². The highest BCUT2D eigenvalue weighted by Crippen LogP contribution is 2.24. The first kappa shape index (κ1) is 14.0. The lowest BCUT2D eigenvalue weighted by molar-refractivity contribution is -0.384. The van der Waals surface area contributed by atoms with Gasteiger partial charge in [-0.15, -0.1) is 5.10 Å². The lowest BCUT2D eigenvalue weighted by Gasteiger charge is -2.02. The highest BCUT2D eigenvalue weighted by Gasteiger charge is 2.09. The van der Waals surface area contributed by atoms with Crippen molar-refractivity contribution in [2.45, 2.75) is 0 Å². The van der Waals surface area contributed by atoms with Gasteiger partial charge in [0.05, 0.1) is 27.5 Å². The Kier molecular flexibility index (Phi) is 3.48. The number of rotatable bonds is 3. The molecule has 22 heavy (non-hydrogen) atoms. The van der Waals surface area contributed by atoms with E-state index in [4.69, 9.17) is 17.3 Å². The van der Waals surface area contributed by atoms with Crippen LogP contribution in [0.25, 0.3) is 16.9 Å². The quantitative estimate of drug-likeness (QED) is 0.455. The van der Waals surface area contributed by atoms with Crippen molar-refractivity contribution in [2.24, 2.45) is 0 Å².